The first-order valence-corrected chi connectivity index (χ1v) is 8.43. The summed E-state index contributed by atoms with van der Waals surface area (Å²) in [5.41, 5.74) is 8.21. The first kappa shape index (κ1) is 20.5. The number of ether oxygens (including phenoxy) is 2. The summed E-state index contributed by atoms with van der Waals surface area (Å²) >= 11 is 0. The van der Waals surface area contributed by atoms with Gasteiger partial charge in [0.05, 0.1) is 7.11 Å². The molecule has 0 aliphatic carbocycles. The van der Waals surface area contributed by atoms with Crippen molar-refractivity contribution >= 4 is 23.6 Å². The number of anilines is 1. The van der Waals surface area contributed by atoms with Crippen LogP contribution in [0.5, 0.6) is 11.5 Å². The summed E-state index contributed by atoms with van der Waals surface area (Å²) in [4.78, 5) is 23.3. The molecule has 7 heteroatoms. The molecule has 0 atom stereocenters. The first-order valence-electron chi connectivity index (χ1n) is 8.43. The Bertz CT molecular complexity index is 954. The van der Waals surface area contributed by atoms with Crippen molar-refractivity contribution in [1.82, 2.24) is 0 Å². The lowest BCUT2D eigenvalue weighted by atomic mass is 10.1. The van der Waals surface area contributed by atoms with Crippen LogP contribution < -0.4 is 20.5 Å². The van der Waals surface area contributed by atoms with Gasteiger partial charge >= 0.3 is 0 Å². The van der Waals surface area contributed by atoms with Crippen molar-refractivity contribution in [2.24, 2.45) is 5.73 Å². The number of hydrogen-bond acceptors (Lipinski definition) is 5. The number of nitrogens with one attached hydrogen (secondary N) is 1. The molecule has 2 amide bonds. The molecule has 0 radical (unpaired) electrons. The second-order valence-corrected chi connectivity index (χ2v) is 6.17. The number of nitrogens with zero attached hydrogens (tertiary/aromatic N) is 1. The standard InChI is InChI=1S/C21H21N3O4/c1-13-6-14(2)8-17(7-13)24-21(26)16(11-22)9-15-4-5-18(19(10-15)27-3)28-12-20(23)25/h4-10H,12H2,1-3H3,(H2,23,25)(H,24,26)/b16-9+. The van der Waals surface area contributed by atoms with Gasteiger partial charge in [0.2, 0.25) is 0 Å². The highest BCUT2D eigenvalue weighted by atomic mass is 16.5. The van der Waals surface area contributed by atoms with Gasteiger partial charge in [0.15, 0.2) is 18.1 Å². The molecule has 0 aliphatic rings. The molecule has 28 heavy (non-hydrogen) atoms. The summed E-state index contributed by atoms with van der Waals surface area (Å²) in [5.74, 6) is -0.444. The highest BCUT2D eigenvalue weighted by molar-refractivity contribution is 6.09. The predicted octanol–water partition coefficient (Wildman–Crippen LogP) is 2.72. The minimum Gasteiger partial charge on any atom is -0.493 e. The number of benzene rings is 2. The smallest absolute Gasteiger partial charge is 0.266 e. The molecule has 0 fully saturated rings. The Morgan fingerprint density at radius 2 is 1.82 bits per heavy atom. The van der Waals surface area contributed by atoms with E-state index in [4.69, 9.17) is 15.2 Å². The van der Waals surface area contributed by atoms with Gasteiger partial charge in [-0.2, -0.15) is 5.26 Å². The van der Waals surface area contributed by atoms with E-state index in [9.17, 15) is 14.9 Å². The number of carbonyl (C=O) groups excluding carboxylic acids is 2. The molecule has 2 aromatic rings. The molecule has 7 nitrogen and oxygen atoms in total. The summed E-state index contributed by atoms with van der Waals surface area (Å²) in [6.45, 7) is 3.57. The molecular weight excluding hydrogens is 358 g/mol. The maximum atomic E-state index is 12.5. The maximum absolute atomic E-state index is 12.5. The van der Waals surface area contributed by atoms with Crippen molar-refractivity contribution in [2.75, 3.05) is 19.0 Å². The molecule has 0 heterocycles. The SMILES string of the molecule is COc1cc(/C=C(\C#N)C(=O)Nc2cc(C)cc(C)c2)ccc1OCC(N)=O. The topological polar surface area (TPSA) is 114 Å². The molecule has 144 valence electrons. The van der Waals surface area contributed by atoms with Crippen LogP contribution in [0, 0.1) is 25.2 Å². The van der Waals surface area contributed by atoms with Crippen LogP contribution in [0.2, 0.25) is 0 Å². The Labute approximate surface area is 163 Å². The fourth-order valence-corrected chi connectivity index (χ4v) is 2.60. The van der Waals surface area contributed by atoms with Crippen molar-refractivity contribution in [3.05, 3.63) is 58.7 Å². The lowest BCUT2D eigenvalue weighted by Crippen LogP contribution is -2.20. The summed E-state index contributed by atoms with van der Waals surface area (Å²) in [6, 6.07) is 12.4. The van der Waals surface area contributed by atoms with E-state index in [1.165, 1.54) is 13.2 Å². The highest BCUT2D eigenvalue weighted by Gasteiger charge is 2.12. The minimum absolute atomic E-state index is 0.0629. The third kappa shape index (κ3) is 5.61. The monoisotopic (exact) mass is 379 g/mol. The zero-order chi connectivity index (χ0) is 20.7. The van der Waals surface area contributed by atoms with E-state index in [-0.39, 0.29) is 12.2 Å². The molecule has 0 unspecified atom stereocenters. The number of rotatable bonds is 7. The number of amides is 2. The number of primary amides is 1. The van der Waals surface area contributed by atoms with E-state index >= 15 is 0 Å². The van der Waals surface area contributed by atoms with Gasteiger partial charge in [0.25, 0.3) is 11.8 Å². The van der Waals surface area contributed by atoms with Crippen LogP contribution in [0.15, 0.2) is 42.0 Å². The second-order valence-electron chi connectivity index (χ2n) is 6.17. The molecule has 0 aromatic heterocycles. The third-order valence-corrected chi connectivity index (χ3v) is 3.71. The van der Waals surface area contributed by atoms with Crippen molar-refractivity contribution in [3.8, 4) is 17.6 Å². The van der Waals surface area contributed by atoms with Crippen LogP contribution in [-0.4, -0.2) is 25.5 Å². The molecular formula is C21H21N3O4. The van der Waals surface area contributed by atoms with Crippen LogP contribution in [0.1, 0.15) is 16.7 Å². The molecule has 0 saturated heterocycles. The fourth-order valence-electron chi connectivity index (χ4n) is 2.60. The van der Waals surface area contributed by atoms with E-state index in [1.807, 2.05) is 38.1 Å². The third-order valence-electron chi connectivity index (χ3n) is 3.71. The summed E-state index contributed by atoms with van der Waals surface area (Å²) in [7, 11) is 1.44. The van der Waals surface area contributed by atoms with Crippen molar-refractivity contribution < 1.29 is 19.1 Å². The fraction of sp³-hybridized carbons (Fsp3) is 0.190. The van der Waals surface area contributed by atoms with Crippen molar-refractivity contribution in [3.63, 3.8) is 0 Å². The van der Waals surface area contributed by atoms with Crippen molar-refractivity contribution in [1.29, 1.82) is 5.26 Å². The average Bonchev–Trinajstić information content (AvgIpc) is 2.63. The van der Waals surface area contributed by atoms with Crippen LogP contribution >= 0.6 is 0 Å². The quantitative estimate of drug-likeness (QED) is 0.567. The van der Waals surface area contributed by atoms with Gasteiger partial charge in [-0.3, -0.25) is 9.59 Å². The number of hydrogen-bond donors (Lipinski definition) is 2. The zero-order valence-corrected chi connectivity index (χ0v) is 15.9. The minimum atomic E-state index is -0.610. The number of carbonyl (C=O) groups is 2. The number of nitriles is 1. The largest absolute Gasteiger partial charge is 0.493 e. The van der Waals surface area contributed by atoms with Gasteiger partial charge in [-0.15, -0.1) is 0 Å². The Hall–Kier alpha value is -3.79. The van der Waals surface area contributed by atoms with E-state index in [0.717, 1.165) is 11.1 Å². The van der Waals surface area contributed by atoms with E-state index in [0.29, 0.717) is 22.7 Å². The van der Waals surface area contributed by atoms with Crippen LogP contribution in [0.3, 0.4) is 0 Å². The summed E-state index contributed by atoms with van der Waals surface area (Å²) in [6.07, 6.45) is 1.44. The summed E-state index contributed by atoms with van der Waals surface area (Å²) < 4.78 is 10.5. The molecule has 2 aromatic carbocycles. The Kier molecular flexibility index (Phi) is 6.77. The van der Waals surface area contributed by atoms with E-state index in [1.54, 1.807) is 18.2 Å². The predicted molar refractivity (Wildman–Crippen MR) is 106 cm³/mol. The van der Waals surface area contributed by atoms with Crippen molar-refractivity contribution in [2.45, 2.75) is 13.8 Å². The lowest BCUT2D eigenvalue weighted by molar-refractivity contribution is -0.120. The molecule has 3 N–H and O–H groups in total. The number of methoxy groups -OCH3 is 1. The van der Waals surface area contributed by atoms with Gasteiger partial charge < -0.3 is 20.5 Å². The molecule has 0 saturated carbocycles. The highest BCUT2D eigenvalue weighted by Crippen LogP contribution is 2.29. The molecule has 2 rings (SSSR count). The van der Waals surface area contributed by atoms with Gasteiger partial charge in [-0.05, 0) is 60.9 Å². The van der Waals surface area contributed by atoms with Crippen LogP contribution in [0.4, 0.5) is 5.69 Å². The maximum Gasteiger partial charge on any atom is 0.266 e. The molecule has 0 spiro atoms. The first-order chi connectivity index (χ1) is 13.3. The number of nitrogens with two attached hydrogens (primary N) is 1. The molecule has 0 aliphatic heterocycles. The average molecular weight is 379 g/mol. The normalized spacial score (nSPS) is 10.7. The zero-order valence-electron chi connectivity index (χ0n) is 15.9. The summed E-state index contributed by atoms with van der Waals surface area (Å²) in [5, 5.41) is 12.1. The lowest BCUT2D eigenvalue weighted by Gasteiger charge is -2.10. The Morgan fingerprint density at radius 1 is 1.14 bits per heavy atom. The molecule has 0 bridgehead atoms. The Balaban J connectivity index is 2.24. The van der Waals surface area contributed by atoms with Crippen LogP contribution in [0.25, 0.3) is 6.08 Å². The van der Waals surface area contributed by atoms with Gasteiger partial charge in [0, 0.05) is 5.69 Å². The van der Waals surface area contributed by atoms with Gasteiger partial charge in [0.1, 0.15) is 11.6 Å². The van der Waals surface area contributed by atoms with Gasteiger partial charge in [-0.25, -0.2) is 0 Å². The Morgan fingerprint density at radius 3 is 2.39 bits per heavy atom. The van der Waals surface area contributed by atoms with E-state index < -0.39 is 11.8 Å². The van der Waals surface area contributed by atoms with Crippen LogP contribution in [-0.2, 0) is 9.59 Å². The van der Waals surface area contributed by atoms with E-state index in [2.05, 4.69) is 5.32 Å². The van der Waals surface area contributed by atoms with Gasteiger partial charge in [-0.1, -0.05) is 12.1 Å². The number of aryl methyl sites for hydroxylation is 2. The second kappa shape index (κ2) is 9.24.